The summed E-state index contributed by atoms with van der Waals surface area (Å²) in [6.07, 6.45) is 0.825. The number of fused-ring (bicyclic) bond motifs is 2. The Hall–Kier alpha value is -3.08. The Morgan fingerprint density at radius 3 is 2.54 bits per heavy atom. The molecule has 0 heterocycles. The van der Waals surface area contributed by atoms with Gasteiger partial charge in [-0.15, -0.1) is 0 Å². The molecule has 0 fully saturated rings. The number of rotatable bonds is 5. The van der Waals surface area contributed by atoms with Crippen LogP contribution in [0, 0.1) is 0 Å². The summed E-state index contributed by atoms with van der Waals surface area (Å²) in [4.78, 5) is 24.1. The number of benzene rings is 2. The van der Waals surface area contributed by atoms with E-state index in [2.05, 4.69) is 0 Å². The summed E-state index contributed by atoms with van der Waals surface area (Å²) in [6, 6.07) is 13.9. The summed E-state index contributed by atoms with van der Waals surface area (Å²) in [7, 11) is 0. The SMILES string of the molecule is CCC(OC(N)=O)C1(C)/C(=C/C(=O)c2ccc(O)cc2)c2cccc1c2. The number of phenolic OH excluding ortho intramolecular Hbond substituents is 1. The Labute approximate surface area is 152 Å². The number of ketones is 1. The minimum absolute atomic E-state index is 0.104. The van der Waals surface area contributed by atoms with Crippen LogP contribution in [0.15, 0.2) is 54.6 Å². The molecule has 2 bridgehead atoms. The van der Waals surface area contributed by atoms with E-state index in [4.69, 9.17) is 10.5 Å². The van der Waals surface area contributed by atoms with E-state index in [0.29, 0.717) is 12.0 Å². The molecular weight excluding hydrogens is 330 g/mol. The molecule has 1 aliphatic carbocycles. The fourth-order valence-corrected chi connectivity index (χ4v) is 3.65. The number of carbonyl (C=O) groups excluding carboxylic acids is 2. The van der Waals surface area contributed by atoms with Gasteiger partial charge in [0.15, 0.2) is 5.78 Å². The fourth-order valence-electron chi connectivity index (χ4n) is 3.65. The second-order valence-electron chi connectivity index (χ2n) is 6.59. The second-order valence-corrected chi connectivity index (χ2v) is 6.59. The van der Waals surface area contributed by atoms with Crippen molar-refractivity contribution in [2.45, 2.75) is 31.8 Å². The molecular formula is C21H21NO4. The Balaban J connectivity index is 2.06. The monoisotopic (exact) mass is 351 g/mol. The first-order valence-corrected chi connectivity index (χ1v) is 8.48. The third kappa shape index (κ3) is 2.96. The highest BCUT2D eigenvalue weighted by Crippen LogP contribution is 2.49. The van der Waals surface area contributed by atoms with Crippen LogP contribution >= 0.6 is 0 Å². The van der Waals surface area contributed by atoms with E-state index in [-0.39, 0.29) is 11.5 Å². The van der Waals surface area contributed by atoms with Gasteiger partial charge in [0.25, 0.3) is 0 Å². The second kappa shape index (κ2) is 6.67. The van der Waals surface area contributed by atoms with Crippen LogP contribution in [0.25, 0.3) is 5.57 Å². The Kier molecular flexibility index (Phi) is 4.55. The van der Waals surface area contributed by atoms with Crippen molar-refractivity contribution < 1.29 is 19.4 Å². The Morgan fingerprint density at radius 2 is 1.92 bits per heavy atom. The van der Waals surface area contributed by atoms with Crippen LogP contribution in [0.5, 0.6) is 5.75 Å². The van der Waals surface area contributed by atoms with Crippen LogP contribution < -0.4 is 5.73 Å². The number of ether oxygens (including phenoxy) is 1. The lowest BCUT2D eigenvalue weighted by atomic mass is 9.73. The summed E-state index contributed by atoms with van der Waals surface area (Å²) in [5.74, 6) is -0.0740. The predicted molar refractivity (Wildman–Crippen MR) is 99.0 cm³/mol. The molecule has 0 spiro atoms. The van der Waals surface area contributed by atoms with Gasteiger partial charge in [0.1, 0.15) is 11.9 Å². The van der Waals surface area contributed by atoms with Gasteiger partial charge in [-0.1, -0.05) is 31.2 Å². The van der Waals surface area contributed by atoms with Crippen LogP contribution in [0.3, 0.4) is 0 Å². The molecule has 1 amide bonds. The number of aromatic hydroxyl groups is 1. The summed E-state index contributed by atoms with van der Waals surface area (Å²) in [5, 5.41) is 9.40. The third-order valence-electron chi connectivity index (χ3n) is 5.03. The number of carbonyl (C=O) groups is 2. The molecule has 5 heteroatoms. The molecule has 0 radical (unpaired) electrons. The van der Waals surface area contributed by atoms with Crippen molar-refractivity contribution in [2.24, 2.45) is 5.73 Å². The van der Waals surface area contributed by atoms with Crippen LogP contribution in [0.4, 0.5) is 4.79 Å². The number of primary amides is 1. The third-order valence-corrected chi connectivity index (χ3v) is 5.03. The zero-order valence-electron chi connectivity index (χ0n) is 14.7. The lowest BCUT2D eigenvalue weighted by Crippen LogP contribution is -2.40. The van der Waals surface area contributed by atoms with Gasteiger partial charge in [-0.25, -0.2) is 4.79 Å². The quantitative estimate of drug-likeness (QED) is 0.633. The molecule has 1 aliphatic rings. The summed E-state index contributed by atoms with van der Waals surface area (Å²) < 4.78 is 5.38. The molecule has 134 valence electrons. The Morgan fingerprint density at radius 1 is 1.23 bits per heavy atom. The Bertz CT molecular complexity index is 885. The van der Waals surface area contributed by atoms with E-state index in [1.807, 2.05) is 38.1 Å². The lowest BCUT2D eigenvalue weighted by Gasteiger charge is -2.35. The maximum absolute atomic E-state index is 12.8. The molecule has 2 aromatic carbocycles. The number of hydrogen-bond acceptors (Lipinski definition) is 4. The van der Waals surface area contributed by atoms with Crippen molar-refractivity contribution in [3.8, 4) is 5.75 Å². The van der Waals surface area contributed by atoms with E-state index < -0.39 is 17.6 Å². The molecule has 5 nitrogen and oxygen atoms in total. The highest BCUT2D eigenvalue weighted by Gasteiger charge is 2.45. The molecule has 26 heavy (non-hydrogen) atoms. The molecule has 0 aliphatic heterocycles. The fraction of sp³-hybridized carbons (Fsp3) is 0.238. The maximum atomic E-state index is 12.8. The van der Waals surface area contributed by atoms with E-state index in [1.54, 1.807) is 18.2 Å². The van der Waals surface area contributed by atoms with Gasteiger partial charge in [0, 0.05) is 5.56 Å². The van der Waals surface area contributed by atoms with E-state index in [9.17, 15) is 14.7 Å². The lowest BCUT2D eigenvalue weighted by molar-refractivity contribution is 0.0736. The highest BCUT2D eigenvalue weighted by atomic mass is 16.6. The zero-order valence-corrected chi connectivity index (χ0v) is 14.7. The molecule has 2 unspecified atom stereocenters. The molecule has 0 saturated heterocycles. The van der Waals surface area contributed by atoms with Crippen LogP contribution in [0.1, 0.15) is 41.8 Å². The van der Waals surface area contributed by atoms with Gasteiger partial charge < -0.3 is 15.6 Å². The minimum atomic E-state index is -0.831. The molecule has 3 N–H and O–H groups in total. The largest absolute Gasteiger partial charge is 0.508 e. The predicted octanol–water partition coefficient (Wildman–Crippen LogP) is 3.80. The molecule has 2 atom stereocenters. The highest BCUT2D eigenvalue weighted by molar-refractivity contribution is 6.10. The van der Waals surface area contributed by atoms with Crippen molar-refractivity contribution >= 4 is 17.4 Å². The number of phenols is 1. The van der Waals surface area contributed by atoms with Crippen LogP contribution in [-0.2, 0) is 10.2 Å². The number of hydrogen-bond donors (Lipinski definition) is 2. The first-order valence-electron chi connectivity index (χ1n) is 8.48. The van der Waals surface area contributed by atoms with Crippen LogP contribution in [0.2, 0.25) is 0 Å². The first kappa shape index (κ1) is 17.7. The van der Waals surface area contributed by atoms with Crippen molar-refractivity contribution in [3.05, 3.63) is 71.3 Å². The molecule has 0 aromatic heterocycles. The van der Waals surface area contributed by atoms with E-state index in [0.717, 1.165) is 16.7 Å². The standard InChI is InChI=1S/C21H21NO4/c1-3-19(26-20(22)25)21(2)15-6-4-5-14(11-15)17(21)12-18(24)13-7-9-16(23)10-8-13/h4-12,19,23H,3H2,1-2H3,(H2,22,25)/b17-12+. The average Bonchev–Trinajstić information content (AvgIpc) is 2.81. The first-order chi connectivity index (χ1) is 12.4. The normalized spacial score (nSPS) is 20.8. The minimum Gasteiger partial charge on any atom is -0.508 e. The molecule has 0 saturated carbocycles. The van der Waals surface area contributed by atoms with Crippen molar-refractivity contribution in [1.82, 2.24) is 0 Å². The van der Waals surface area contributed by atoms with Crippen LogP contribution in [-0.4, -0.2) is 23.1 Å². The average molecular weight is 351 g/mol. The zero-order chi connectivity index (χ0) is 18.9. The van der Waals surface area contributed by atoms with Gasteiger partial charge in [0.2, 0.25) is 0 Å². The van der Waals surface area contributed by atoms with Crippen molar-refractivity contribution in [3.63, 3.8) is 0 Å². The van der Waals surface area contributed by atoms with E-state index >= 15 is 0 Å². The summed E-state index contributed by atoms with van der Waals surface area (Å²) >= 11 is 0. The number of amides is 1. The van der Waals surface area contributed by atoms with Gasteiger partial charge in [-0.2, -0.15) is 0 Å². The van der Waals surface area contributed by atoms with Gasteiger partial charge in [-0.3, -0.25) is 4.79 Å². The van der Waals surface area contributed by atoms with Gasteiger partial charge >= 0.3 is 6.09 Å². The van der Waals surface area contributed by atoms with Crippen molar-refractivity contribution in [1.29, 1.82) is 0 Å². The summed E-state index contributed by atoms with van der Waals surface area (Å²) in [6.45, 7) is 3.88. The number of allylic oxidation sites excluding steroid dienone is 1. The topological polar surface area (TPSA) is 89.6 Å². The van der Waals surface area contributed by atoms with E-state index in [1.165, 1.54) is 12.1 Å². The van der Waals surface area contributed by atoms with Crippen molar-refractivity contribution in [2.75, 3.05) is 0 Å². The van der Waals surface area contributed by atoms with Gasteiger partial charge in [-0.05, 0) is 60.4 Å². The summed E-state index contributed by atoms with van der Waals surface area (Å²) in [5.41, 5.74) is 7.77. The van der Waals surface area contributed by atoms with Gasteiger partial charge in [0.05, 0.1) is 5.41 Å². The maximum Gasteiger partial charge on any atom is 0.404 e. The smallest absolute Gasteiger partial charge is 0.404 e. The molecule has 2 aromatic rings. The molecule has 3 rings (SSSR count). The number of nitrogens with two attached hydrogens (primary N) is 1.